The molecule has 1 N–H and O–H groups in total. The number of carbonyl (C=O) groups is 1. The standard InChI is InChI=1S/C24H30ClNO4/c1-5-16-8-6-9-17(14-16)21-18(10-7-11-19(21)25)22(27)20-15-26(12-13-29-20)23(28)30-24(2,3)4/h6-11,14,20,22,27H,5,12-13,15H2,1-4H3/t20?,22-/m0/s1. The molecule has 0 aliphatic carbocycles. The molecule has 30 heavy (non-hydrogen) atoms. The molecule has 1 saturated heterocycles. The molecule has 5 nitrogen and oxygen atoms in total. The zero-order chi connectivity index (χ0) is 21.9. The van der Waals surface area contributed by atoms with Gasteiger partial charge >= 0.3 is 6.09 Å². The summed E-state index contributed by atoms with van der Waals surface area (Å²) >= 11 is 6.56. The second kappa shape index (κ2) is 9.38. The molecule has 1 unspecified atom stereocenters. The van der Waals surface area contributed by atoms with E-state index in [0.717, 1.165) is 17.5 Å². The SMILES string of the molecule is CCc1cccc(-c2c(Cl)cccc2[C@H](O)C2CN(C(=O)OC(C)(C)C)CCO2)c1. The minimum Gasteiger partial charge on any atom is -0.444 e. The number of aliphatic hydroxyl groups excluding tert-OH is 1. The van der Waals surface area contributed by atoms with Crippen molar-refractivity contribution in [3.63, 3.8) is 0 Å². The van der Waals surface area contributed by atoms with Crippen molar-refractivity contribution in [3.05, 3.63) is 58.6 Å². The first-order valence-electron chi connectivity index (χ1n) is 10.3. The summed E-state index contributed by atoms with van der Waals surface area (Å²) in [6.45, 7) is 8.61. The van der Waals surface area contributed by atoms with Crippen molar-refractivity contribution < 1.29 is 19.4 Å². The molecule has 1 aliphatic rings. The van der Waals surface area contributed by atoms with E-state index in [1.54, 1.807) is 4.90 Å². The molecule has 2 aromatic rings. The zero-order valence-corrected chi connectivity index (χ0v) is 18.8. The van der Waals surface area contributed by atoms with Crippen LogP contribution in [-0.2, 0) is 15.9 Å². The highest BCUT2D eigenvalue weighted by Gasteiger charge is 2.33. The van der Waals surface area contributed by atoms with Crippen molar-refractivity contribution in [3.8, 4) is 11.1 Å². The zero-order valence-electron chi connectivity index (χ0n) is 18.0. The van der Waals surface area contributed by atoms with E-state index in [2.05, 4.69) is 19.1 Å². The topological polar surface area (TPSA) is 59.0 Å². The number of nitrogens with zero attached hydrogens (tertiary/aromatic N) is 1. The maximum atomic E-state index is 12.5. The fraction of sp³-hybridized carbons (Fsp3) is 0.458. The van der Waals surface area contributed by atoms with Gasteiger partial charge in [0, 0.05) is 17.1 Å². The van der Waals surface area contributed by atoms with Crippen LogP contribution < -0.4 is 0 Å². The van der Waals surface area contributed by atoms with Gasteiger partial charge in [-0.05, 0) is 49.9 Å². The van der Waals surface area contributed by atoms with Crippen LogP contribution in [0.4, 0.5) is 4.79 Å². The van der Waals surface area contributed by atoms with Crippen LogP contribution in [0, 0.1) is 0 Å². The summed E-state index contributed by atoms with van der Waals surface area (Å²) in [5.74, 6) is 0. The summed E-state index contributed by atoms with van der Waals surface area (Å²) in [5, 5.41) is 11.8. The van der Waals surface area contributed by atoms with E-state index >= 15 is 0 Å². The van der Waals surface area contributed by atoms with Gasteiger partial charge in [-0.15, -0.1) is 0 Å². The lowest BCUT2D eigenvalue weighted by Crippen LogP contribution is -2.49. The normalized spacial score (nSPS) is 18.2. The number of aryl methyl sites for hydroxylation is 1. The molecule has 1 fully saturated rings. The van der Waals surface area contributed by atoms with E-state index in [4.69, 9.17) is 21.1 Å². The van der Waals surface area contributed by atoms with E-state index in [1.807, 2.05) is 51.1 Å². The van der Waals surface area contributed by atoms with Crippen molar-refractivity contribution in [2.75, 3.05) is 19.7 Å². The Morgan fingerprint density at radius 1 is 1.30 bits per heavy atom. The van der Waals surface area contributed by atoms with Gasteiger partial charge in [-0.1, -0.05) is 54.9 Å². The van der Waals surface area contributed by atoms with Crippen LogP contribution in [0.15, 0.2) is 42.5 Å². The largest absolute Gasteiger partial charge is 0.444 e. The van der Waals surface area contributed by atoms with Crippen LogP contribution in [-0.4, -0.2) is 47.5 Å². The number of benzene rings is 2. The average Bonchev–Trinajstić information content (AvgIpc) is 2.72. The summed E-state index contributed by atoms with van der Waals surface area (Å²) in [6, 6.07) is 13.6. The average molecular weight is 432 g/mol. The number of rotatable bonds is 4. The number of halogens is 1. The van der Waals surface area contributed by atoms with Crippen LogP contribution in [0.25, 0.3) is 11.1 Å². The molecule has 0 aromatic heterocycles. The number of carbonyl (C=O) groups excluding carboxylic acids is 1. The number of ether oxygens (including phenoxy) is 2. The molecule has 2 aromatic carbocycles. The van der Waals surface area contributed by atoms with Crippen molar-refractivity contribution in [2.45, 2.75) is 51.9 Å². The van der Waals surface area contributed by atoms with Gasteiger partial charge in [0.05, 0.1) is 13.2 Å². The third-order valence-corrected chi connectivity index (χ3v) is 5.40. The molecule has 1 amide bonds. The minimum absolute atomic E-state index is 0.247. The van der Waals surface area contributed by atoms with Crippen LogP contribution in [0.5, 0.6) is 0 Å². The predicted octanol–water partition coefficient (Wildman–Crippen LogP) is 5.24. The van der Waals surface area contributed by atoms with Gasteiger partial charge in [0.25, 0.3) is 0 Å². The Hall–Kier alpha value is -2.08. The number of hydrogen-bond donors (Lipinski definition) is 1. The summed E-state index contributed by atoms with van der Waals surface area (Å²) in [6.07, 6.45) is -0.996. The lowest BCUT2D eigenvalue weighted by atomic mass is 9.92. The molecule has 3 rings (SSSR count). The first kappa shape index (κ1) is 22.6. The number of amides is 1. The van der Waals surface area contributed by atoms with E-state index in [1.165, 1.54) is 5.56 Å². The first-order valence-corrected chi connectivity index (χ1v) is 10.7. The van der Waals surface area contributed by atoms with Crippen LogP contribution in [0.3, 0.4) is 0 Å². The molecule has 1 heterocycles. The lowest BCUT2D eigenvalue weighted by molar-refractivity contribution is -0.0906. The van der Waals surface area contributed by atoms with Crippen molar-refractivity contribution in [2.24, 2.45) is 0 Å². The summed E-state index contributed by atoms with van der Waals surface area (Å²) in [5.41, 5.74) is 3.05. The molecule has 0 radical (unpaired) electrons. The fourth-order valence-electron chi connectivity index (χ4n) is 3.60. The van der Waals surface area contributed by atoms with Crippen LogP contribution >= 0.6 is 11.6 Å². The second-order valence-electron chi connectivity index (χ2n) is 8.54. The van der Waals surface area contributed by atoms with Crippen molar-refractivity contribution >= 4 is 17.7 Å². The van der Waals surface area contributed by atoms with Crippen LogP contribution in [0.1, 0.15) is 44.9 Å². The molecule has 0 bridgehead atoms. The maximum Gasteiger partial charge on any atom is 0.410 e. The number of aliphatic hydroxyl groups is 1. The molecular weight excluding hydrogens is 402 g/mol. The highest BCUT2D eigenvalue weighted by Crippen LogP contribution is 2.37. The highest BCUT2D eigenvalue weighted by molar-refractivity contribution is 6.33. The summed E-state index contributed by atoms with van der Waals surface area (Å²) in [7, 11) is 0. The van der Waals surface area contributed by atoms with Crippen LogP contribution in [0.2, 0.25) is 5.02 Å². The van der Waals surface area contributed by atoms with Crippen molar-refractivity contribution in [1.29, 1.82) is 0 Å². The quantitative estimate of drug-likeness (QED) is 0.719. The predicted molar refractivity (Wildman–Crippen MR) is 119 cm³/mol. The van der Waals surface area contributed by atoms with Gasteiger partial charge in [0.2, 0.25) is 0 Å². The van der Waals surface area contributed by atoms with Gasteiger partial charge in [-0.3, -0.25) is 0 Å². The first-order chi connectivity index (χ1) is 14.2. The Morgan fingerprint density at radius 3 is 2.73 bits per heavy atom. The van der Waals surface area contributed by atoms with Crippen molar-refractivity contribution in [1.82, 2.24) is 4.90 Å². The second-order valence-corrected chi connectivity index (χ2v) is 8.95. The third-order valence-electron chi connectivity index (χ3n) is 5.09. The Morgan fingerprint density at radius 2 is 2.03 bits per heavy atom. The maximum absolute atomic E-state index is 12.5. The summed E-state index contributed by atoms with van der Waals surface area (Å²) in [4.78, 5) is 14.1. The number of hydrogen-bond acceptors (Lipinski definition) is 4. The van der Waals surface area contributed by atoms with Gasteiger partial charge in [-0.2, -0.15) is 0 Å². The molecule has 6 heteroatoms. The molecule has 162 valence electrons. The van der Waals surface area contributed by atoms with Gasteiger partial charge in [0.15, 0.2) is 0 Å². The third kappa shape index (κ3) is 5.34. The van der Waals surface area contributed by atoms with Gasteiger partial charge < -0.3 is 19.5 Å². The smallest absolute Gasteiger partial charge is 0.410 e. The number of morpholine rings is 1. The van der Waals surface area contributed by atoms with E-state index in [-0.39, 0.29) is 6.54 Å². The van der Waals surface area contributed by atoms with E-state index in [9.17, 15) is 9.90 Å². The Kier molecular flexibility index (Phi) is 7.06. The lowest BCUT2D eigenvalue weighted by Gasteiger charge is -2.36. The Labute approximate surface area is 183 Å². The minimum atomic E-state index is -0.936. The summed E-state index contributed by atoms with van der Waals surface area (Å²) < 4.78 is 11.3. The molecular formula is C24H30ClNO4. The monoisotopic (exact) mass is 431 g/mol. The Bertz CT molecular complexity index is 893. The highest BCUT2D eigenvalue weighted by atomic mass is 35.5. The Balaban J connectivity index is 1.87. The van der Waals surface area contributed by atoms with E-state index in [0.29, 0.717) is 23.7 Å². The van der Waals surface area contributed by atoms with Gasteiger partial charge in [-0.25, -0.2) is 4.79 Å². The molecule has 1 aliphatic heterocycles. The van der Waals surface area contributed by atoms with Gasteiger partial charge in [0.1, 0.15) is 17.8 Å². The van der Waals surface area contributed by atoms with E-state index < -0.39 is 23.9 Å². The molecule has 2 atom stereocenters. The molecule has 0 spiro atoms. The molecule has 0 saturated carbocycles. The fourth-order valence-corrected chi connectivity index (χ4v) is 3.89.